The molecule has 21 heavy (non-hydrogen) atoms. The quantitative estimate of drug-likeness (QED) is 0.584. The third kappa shape index (κ3) is 6.82. The third-order valence-corrected chi connectivity index (χ3v) is 3.84. The van der Waals surface area contributed by atoms with Crippen LogP contribution in [0.5, 0.6) is 0 Å². The van der Waals surface area contributed by atoms with Crippen molar-refractivity contribution >= 4 is 12.0 Å². The van der Waals surface area contributed by atoms with Crippen molar-refractivity contribution in [2.75, 3.05) is 13.2 Å². The van der Waals surface area contributed by atoms with Gasteiger partial charge in [-0.3, -0.25) is 4.79 Å². The first-order valence-electron chi connectivity index (χ1n) is 7.50. The highest BCUT2D eigenvalue weighted by Gasteiger charge is 2.47. The summed E-state index contributed by atoms with van der Waals surface area (Å²) < 4.78 is 5.43. The van der Waals surface area contributed by atoms with Crippen molar-refractivity contribution < 1.29 is 14.3 Å². The zero-order valence-electron chi connectivity index (χ0n) is 14.6. The Morgan fingerprint density at radius 1 is 1.05 bits per heavy atom. The van der Waals surface area contributed by atoms with Gasteiger partial charge in [-0.25, -0.2) is 4.79 Å². The lowest BCUT2D eigenvalue weighted by atomic mass is 9.61. The zero-order chi connectivity index (χ0) is 16.9. The molecule has 1 unspecified atom stereocenters. The van der Waals surface area contributed by atoms with Crippen LogP contribution in [0.1, 0.15) is 61.3 Å². The Kier molecular flexibility index (Phi) is 6.71. The van der Waals surface area contributed by atoms with Crippen LogP contribution < -0.4 is 11.1 Å². The first kappa shape index (κ1) is 19.7. The predicted molar refractivity (Wildman–Crippen MR) is 84.8 cm³/mol. The summed E-state index contributed by atoms with van der Waals surface area (Å²) in [5, 5.41) is 2.47. The molecule has 0 rings (SSSR count). The second kappa shape index (κ2) is 7.14. The maximum Gasteiger partial charge on any atom is 0.312 e. The van der Waals surface area contributed by atoms with Crippen molar-refractivity contribution in [2.24, 2.45) is 22.0 Å². The van der Waals surface area contributed by atoms with Gasteiger partial charge in [-0.15, -0.1) is 0 Å². The molecule has 0 aliphatic heterocycles. The summed E-state index contributed by atoms with van der Waals surface area (Å²) in [4.78, 5) is 23.1. The Hall–Kier alpha value is -1.26. The van der Waals surface area contributed by atoms with E-state index in [1.165, 1.54) is 0 Å². The smallest absolute Gasteiger partial charge is 0.312 e. The van der Waals surface area contributed by atoms with Crippen molar-refractivity contribution in [1.29, 1.82) is 0 Å². The van der Waals surface area contributed by atoms with Gasteiger partial charge < -0.3 is 15.8 Å². The van der Waals surface area contributed by atoms with E-state index in [9.17, 15) is 9.59 Å². The Bertz CT molecular complexity index is 367. The number of nitrogens with one attached hydrogen (secondary N) is 1. The molecule has 0 fully saturated rings. The number of esters is 1. The molecule has 0 saturated heterocycles. The molecule has 0 aromatic heterocycles. The minimum atomic E-state index is -0.561. The fourth-order valence-corrected chi connectivity index (χ4v) is 2.31. The van der Waals surface area contributed by atoms with Crippen LogP contribution in [0.3, 0.4) is 0 Å². The largest absolute Gasteiger partial charge is 0.465 e. The van der Waals surface area contributed by atoms with E-state index in [0.717, 1.165) is 6.42 Å². The summed E-state index contributed by atoms with van der Waals surface area (Å²) in [5.74, 6) is -0.177. The van der Waals surface area contributed by atoms with Gasteiger partial charge in [0, 0.05) is 6.54 Å². The SMILES string of the molecule is CC(C)(C)CC(C)(C(=O)OCCCNC(N)=O)C(C)(C)C. The maximum absolute atomic E-state index is 12.6. The number of carbonyl (C=O) groups is 2. The molecule has 5 heteroatoms. The van der Waals surface area contributed by atoms with Crippen LogP contribution in [-0.4, -0.2) is 25.2 Å². The van der Waals surface area contributed by atoms with E-state index in [4.69, 9.17) is 10.5 Å². The average Bonchev–Trinajstić information content (AvgIpc) is 2.23. The first-order chi connectivity index (χ1) is 9.29. The van der Waals surface area contributed by atoms with E-state index in [1.807, 2.05) is 6.92 Å². The molecule has 0 spiro atoms. The lowest BCUT2D eigenvalue weighted by Crippen LogP contribution is -2.44. The van der Waals surface area contributed by atoms with E-state index in [2.05, 4.69) is 46.9 Å². The molecule has 5 nitrogen and oxygen atoms in total. The molecule has 124 valence electrons. The van der Waals surface area contributed by atoms with Crippen LogP contribution in [-0.2, 0) is 9.53 Å². The fourth-order valence-electron chi connectivity index (χ4n) is 2.31. The van der Waals surface area contributed by atoms with Gasteiger partial charge in [-0.05, 0) is 30.6 Å². The summed E-state index contributed by atoms with van der Waals surface area (Å²) in [7, 11) is 0. The summed E-state index contributed by atoms with van der Waals surface area (Å²) >= 11 is 0. The molecule has 0 aromatic carbocycles. The lowest BCUT2D eigenvalue weighted by molar-refractivity contribution is -0.164. The lowest BCUT2D eigenvalue weighted by Gasteiger charge is -2.43. The van der Waals surface area contributed by atoms with E-state index < -0.39 is 11.4 Å². The van der Waals surface area contributed by atoms with Gasteiger partial charge in [-0.1, -0.05) is 41.5 Å². The summed E-state index contributed by atoms with van der Waals surface area (Å²) in [6, 6.07) is -0.561. The van der Waals surface area contributed by atoms with E-state index in [-0.39, 0.29) is 23.4 Å². The molecule has 0 bridgehead atoms. The maximum atomic E-state index is 12.6. The summed E-state index contributed by atoms with van der Waals surface area (Å²) in [5.41, 5.74) is 4.26. The van der Waals surface area contributed by atoms with Crippen LogP contribution in [0.2, 0.25) is 0 Å². The highest BCUT2D eigenvalue weighted by molar-refractivity contribution is 5.77. The molecular weight excluding hydrogens is 268 g/mol. The number of carbonyl (C=O) groups excluding carboxylic acids is 2. The number of primary amides is 1. The second-order valence-electron chi connectivity index (χ2n) is 8.10. The van der Waals surface area contributed by atoms with Crippen molar-refractivity contribution in [2.45, 2.75) is 61.3 Å². The van der Waals surface area contributed by atoms with Crippen LogP contribution in [0, 0.1) is 16.2 Å². The highest BCUT2D eigenvalue weighted by Crippen LogP contribution is 2.47. The second-order valence-corrected chi connectivity index (χ2v) is 8.10. The number of hydrogen-bond acceptors (Lipinski definition) is 3. The number of nitrogens with two attached hydrogens (primary N) is 1. The van der Waals surface area contributed by atoms with Crippen LogP contribution in [0.4, 0.5) is 4.79 Å². The third-order valence-electron chi connectivity index (χ3n) is 3.84. The normalized spacial score (nSPS) is 15.2. The van der Waals surface area contributed by atoms with Gasteiger partial charge in [0.2, 0.25) is 0 Å². The Morgan fingerprint density at radius 3 is 1.95 bits per heavy atom. The van der Waals surface area contributed by atoms with Gasteiger partial charge in [-0.2, -0.15) is 0 Å². The van der Waals surface area contributed by atoms with Crippen molar-refractivity contribution in [3.05, 3.63) is 0 Å². The number of rotatable bonds is 6. The molecule has 0 aromatic rings. The number of hydrogen-bond donors (Lipinski definition) is 2. The molecule has 0 radical (unpaired) electrons. The fraction of sp³-hybridized carbons (Fsp3) is 0.875. The van der Waals surface area contributed by atoms with Crippen LogP contribution in [0.15, 0.2) is 0 Å². The minimum absolute atomic E-state index is 0.0363. The molecule has 3 N–H and O–H groups in total. The molecule has 0 aliphatic rings. The Morgan fingerprint density at radius 2 is 1.57 bits per heavy atom. The monoisotopic (exact) mass is 300 g/mol. The molecule has 1 atom stereocenters. The van der Waals surface area contributed by atoms with Gasteiger partial charge in [0.25, 0.3) is 0 Å². The predicted octanol–water partition coefficient (Wildman–Crippen LogP) is 3.08. The highest BCUT2D eigenvalue weighted by atomic mass is 16.5. The van der Waals surface area contributed by atoms with Gasteiger partial charge in [0.05, 0.1) is 12.0 Å². The zero-order valence-corrected chi connectivity index (χ0v) is 14.6. The van der Waals surface area contributed by atoms with Crippen molar-refractivity contribution in [3.8, 4) is 0 Å². The van der Waals surface area contributed by atoms with E-state index in [0.29, 0.717) is 13.0 Å². The van der Waals surface area contributed by atoms with Crippen LogP contribution in [0.25, 0.3) is 0 Å². The number of amides is 2. The van der Waals surface area contributed by atoms with E-state index in [1.54, 1.807) is 0 Å². The minimum Gasteiger partial charge on any atom is -0.465 e. The standard InChI is InChI=1S/C16H32N2O3/c1-14(2,3)11-16(7,15(4,5)6)12(19)21-10-8-9-18-13(17)20/h8-11H2,1-7H3,(H3,17,18,20). The Labute approximate surface area is 129 Å². The Balaban J connectivity index is 4.65. The topological polar surface area (TPSA) is 81.4 Å². The number of urea groups is 1. The van der Waals surface area contributed by atoms with Crippen LogP contribution >= 0.6 is 0 Å². The van der Waals surface area contributed by atoms with Crippen molar-refractivity contribution in [1.82, 2.24) is 5.32 Å². The summed E-state index contributed by atoms with van der Waals surface area (Å²) in [6.07, 6.45) is 1.31. The summed E-state index contributed by atoms with van der Waals surface area (Å²) in [6.45, 7) is 15.2. The van der Waals surface area contributed by atoms with E-state index >= 15 is 0 Å². The molecule has 0 aliphatic carbocycles. The van der Waals surface area contributed by atoms with Gasteiger partial charge in [0.15, 0.2) is 0 Å². The molecule has 0 heterocycles. The first-order valence-corrected chi connectivity index (χ1v) is 7.50. The average molecular weight is 300 g/mol. The van der Waals surface area contributed by atoms with Crippen molar-refractivity contribution in [3.63, 3.8) is 0 Å². The van der Waals surface area contributed by atoms with Gasteiger partial charge in [0.1, 0.15) is 0 Å². The number of ether oxygens (including phenoxy) is 1. The molecule has 2 amide bonds. The van der Waals surface area contributed by atoms with Gasteiger partial charge >= 0.3 is 12.0 Å². The molecular formula is C16H32N2O3. The molecule has 0 saturated carbocycles.